The van der Waals surface area contributed by atoms with E-state index in [1.54, 1.807) is 0 Å². The fourth-order valence-corrected chi connectivity index (χ4v) is 3.62. The maximum absolute atomic E-state index is 12.7. The minimum Gasteiger partial charge on any atom is -1.00 e. The minimum absolute atomic E-state index is 0. The summed E-state index contributed by atoms with van der Waals surface area (Å²) in [7, 11) is -8.20. The van der Waals surface area contributed by atoms with Crippen LogP contribution in [-0.4, -0.2) is 56.2 Å². The molecule has 0 unspecified atom stereocenters. The van der Waals surface area contributed by atoms with Crippen LogP contribution in [0.2, 0.25) is 0 Å². The van der Waals surface area contributed by atoms with E-state index in [0.717, 1.165) is 14.2 Å². The van der Waals surface area contributed by atoms with Crippen LogP contribution in [0.4, 0.5) is 0 Å². The first-order chi connectivity index (χ1) is 12.8. The SMILES string of the molecule is COc1cc(O)c(C(=O)c2cc(S(=O)(=O)[O-])c(OC)cc2O)cc1S(=O)(=O)[O-].[H-].[H-].[Na+].[Na+]. The normalized spacial score (nSPS) is 11.1. The average molecular weight is 480 g/mol. The molecule has 0 aromatic heterocycles. The maximum Gasteiger partial charge on any atom is 1.00 e. The Morgan fingerprint density at radius 2 is 1.10 bits per heavy atom. The van der Waals surface area contributed by atoms with Crippen molar-refractivity contribution in [3.8, 4) is 23.0 Å². The van der Waals surface area contributed by atoms with E-state index >= 15 is 0 Å². The molecule has 0 aliphatic rings. The van der Waals surface area contributed by atoms with Gasteiger partial charge < -0.3 is 31.6 Å². The number of ether oxygens (including phenoxy) is 2. The molecule has 0 saturated carbocycles. The predicted octanol–water partition coefficient (Wildman–Crippen LogP) is -5.61. The Morgan fingerprint density at radius 1 is 0.800 bits per heavy atom. The largest absolute Gasteiger partial charge is 1.00 e. The van der Waals surface area contributed by atoms with E-state index in [4.69, 9.17) is 0 Å². The molecule has 0 spiro atoms. The molecule has 0 atom stereocenters. The van der Waals surface area contributed by atoms with Crippen LogP contribution in [0.3, 0.4) is 0 Å². The standard InChI is InChI=1S/C15H14O11S2.2Na.2H/c1-25-11-5-9(16)7(3-13(11)27(19,20)21)15(18)8-4-14(28(22,23)24)12(26-2)6-10(8)17;;;;/h3-6,16-17H,1-2H3,(H,19,20,21)(H,22,23,24);;;;/q;2*+1;2*-1/p-2. The fraction of sp³-hybridized carbons (Fsp3) is 0.133. The monoisotopic (exact) mass is 480 g/mol. The zero-order valence-corrected chi connectivity index (χ0v) is 21.8. The van der Waals surface area contributed by atoms with Crippen molar-refractivity contribution in [2.45, 2.75) is 9.79 Å². The number of phenols is 2. The molecule has 0 aliphatic heterocycles. The molecule has 0 heterocycles. The summed E-state index contributed by atoms with van der Waals surface area (Å²) < 4.78 is 77.5. The van der Waals surface area contributed by atoms with Gasteiger partial charge in [0.25, 0.3) is 0 Å². The zero-order valence-electron chi connectivity index (χ0n) is 18.2. The van der Waals surface area contributed by atoms with Crippen LogP contribution in [-0.2, 0) is 20.2 Å². The van der Waals surface area contributed by atoms with Gasteiger partial charge in [0.2, 0.25) is 5.78 Å². The summed E-state index contributed by atoms with van der Waals surface area (Å²) in [5.74, 6) is -3.99. The van der Waals surface area contributed by atoms with Gasteiger partial charge in [-0.05, 0) is 12.1 Å². The molecule has 0 radical (unpaired) electrons. The van der Waals surface area contributed by atoms with Crippen molar-refractivity contribution in [2.24, 2.45) is 0 Å². The van der Waals surface area contributed by atoms with Crippen molar-refractivity contribution in [3.05, 3.63) is 35.4 Å². The van der Waals surface area contributed by atoms with Gasteiger partial charge in [0, 0.05) is 12.1 Å². The molecule has 0 bridgehead atoms. The second kappa shape index (κ2) is 10.6. The van der Waals surface area contributed by atoms with Gasteiger partial charge in [0.15, 0.2) is 0 Å². The molecular weight excluding hydrogens is 466 g/mol. The summed E-state index contributed by atoms with van der Waals surface area (Å²) in [5, 5.41) is 20.0. The van der Waals surface area contributed by atoms with Crippen molar-refractivity contribution in [3.63, 3.8) is 0 Å². The van der Waals surface area contributed by atoms with E-state index in [1.165, 1.54) is 0 Å². The Bertz CT molecular complexity index is 1090. The second-order valence-corrected chi connectivity index (χ2v) is 7.97. The first kappa shape index (κ1) is 29.1. The summed E-state index contributed by atoms with van der Waals surface area (Å²) in [6.07, 6.45) is 0. The topological polar surface area (TPSA) is 190 Å². The maximum atomic E-state index is 12.7. The molecule has 2 rings (SSSR count). The molecule has 30 heavy (non-hydrogen) atoms. The summed E-state index contributed by atoms with van der Waals surface area (Å²) >= 11 is 0. The number of hydrogen-bond acceptors (Lipinski definition) is 11. The minimum atomic E-state index is -5.12. The Balaban J connectivity index is -0.00000210. The molecule has 0 aliphatic carbocycles. The molecule has 156 valence electrons. The number of benzene rings is 2. The Kier molecular flexibility index (Phi) is 10.3. The van der Waals surface area contributed by atoms with Gasteiger partial charge >= 0.3 is 59.1 Å². The van der Waals surface area contributed by atoms with Crippen LogP contribution < -0.4 is 68.6 Å². The average Bonchev–Trinajstić information content (AvgIpc) is 2.58. The third-order valence-corrected chi connectivity index (χ3v) is 5.31. The first-order valence-electron chi connectivity index (χ1n) is 7.09. The molecule has 2 N–H and O–H groups in total. The van der Waals surface area contributed by atoms with Crippen LogP contribution in [0.5, 0.6) is 23.0 Å². The number of aromatic hydroxyl groups is 2. The Morgan fingerprint density at radius 3 is 1.33 bits per heavy atom. The number of rotatable bonds is 6. The molecule has 2 aromatic rings. The Hall–Kier alpha value is -0.870. The van der Waals surface area contributed by atoms with Crippen molar-refractivity contribution in [2.75, 3.05) is 14.2 Å². The van der Waals surface area contributed by atoms with Crippen LogP contribution in [0.1, 0.15) is 18.8 Å². The Labute approximate surface area is 219 Å². The number of carbonyl (C=O) groups is 1. The van der Waals surface area contributed by atoms with E-state index in [9.17, 15) is 40.9 Å². The number of carbonyl (C=O) groups excluding carboxylic acids is 1. The number of phenolic OH excluding ortho intramolecular Hbond substituents is 2. The molecule has 0 saturated heterocycles. The summed E-state index contributed by atoms with van der Waals surface area (Å²) in [4.78, 5) is 10.7. The smallest absolute Gasteiger partial charge is 1.00 e. The molecular formula is C15H14Na2O11S2-2. The quantitative estimate of drug-likeness (QED) is 0.228. The van der Waals surface area contributed by atoms with Gasteiger partial charge in [-0.15, -0.1) is 0 Å². The van der Waals surface area contributed by atoms with Gasteiger partial charge in [-0.3, -0.25) is 4.79 Å². The van der Waals surface area contributed by atoms with E-state index < -0.39 is 69.9 Å². The van der Waals surface area contributed by atoms with Crippen LogP contribution >= 0.6 is 0 Å². The van der Waals surface area contributed by atoms with Gasteiger partial charge in [-0.2, -0.15) is 0 Å². The van der Waals surface area contributed by atoms with Gasteiger partial charge in [-0.25, -0.2) is 16.8 Å². The van der Waals surface area contributed by atoms with Crippen molar-refractivity contribution in [1.82, 2.24) is 0 Å². The van der Waals surface area contributed by atoms with Gasteiger partial charge in [0.1, 0.15) is 43.2 Å². The number of hydrogen-bond donors (Lipinski definition) is 2. The van der Waals surface area contributed by atoms with Crippen molar-refractivity contribution < 1.29 is 112 Å². The zero-order chi connectivity index (χ0) is 21.4. The van der Waals surface area contributed by atoms with E-state index in [1.807, 2.05) is 0 Å². The van der Waals surface area contributed by atoms with E-state index in [0.29, 0.717) is 24.3 Å². The van der Waals surface area contributed by atoms with Crippen molar-refractivity contribution >= 4 is 26.0 Å². The molecule has 11 nitrogen and oxygen atoms in total. The van der Waals surface area contributed by atoms with Crippen LogP contribution in [0.25, 0.3) is 0 Å². The molecule has 0 fully saturated rings. The predicted molar refractivity (Wildman–Crippen MR) is 90.9 cm³/mol. The fourth-order valence-electron chi connectivity index (χ4n) is 2.32. The molecule has 15 heteroatoms. The second-order valence-electron chi connectivity index (χ2n) is 5.28. The molecule has 2 aromatic carbocycles. The summed E-state index contributed by atoms with van der Waals surface area (Å²) in [5.41, 5.74) is -1.52. The number of methoxy groups -OCH3 is 2. The first-order valence-corrected chi connectivity index (χ1v) is 9.91. The summed E-state index contributed by atoms with van der Waals surface area (Å²) in [6.45, 7) is 0. The third-order valence-electron chi connectivity index (χ3n) is 3.59. The molecule has 0 amide bonds. The van der Waals surface area contributed by atoms with Crippen LogP contribution in [0.15, 0.2) is 34.1 Å². The number of ketones is 1. The van der Waals surface area contributed by atoms with Gasteiger partial charge in [-0.1, -0.05) is 0 Å². The van der Waals surface area contributed by atoms with Crippen molar-refractivity contribution in [1.29, 1.82) is 0 Å². The van der Waals surface area contributed by atoms with E-state index in [2.05, 4.69) is 9.47 Å². The van der Waals surface area contributed by atoms with Gasteiger partial charge in [0.05, 0.1) is 35.1 Å². The van der Waals surface area contributed by atoms with E-state index in [-0.39, 0.29) is 62.0 Å². The van der Waals surface area contributed by atoms with Crippen LogP contribution in [0, 0.1) is 0 Å². The third kappa shape index (κ3) is 6.09. The summed E-state index contributed by atoms with van der Waals surface area (Å²) in [6, 6.07) is 2.38.